The van der Waals surface area contributed by atoms with Crippen molar-refractivity contribution < 1.29 is 19.1 Å². The fourth-order valence-corrected chi connectivity index (χ4v) is 2.28. The number of hydrogen-bond acceptors (Lipinski definition) is 5. The number of ether oxygens (including phenoxy) is 2. The van der Waals surface area contributed by atoms with Crippen LogP contribution < -0.4 is 25.6 Å². The summed E-state index contributed by atoms with van der Waals surface area (Å²) in [7, 11) is 0. The first-order chi connectivity index (χ1) is 13.5. The highest BCUT2D eigenvalue weighted by atomic mass is 32.1. The van der Waals surface area contributed by atoms with Gasteiger partial charge in [-0.2, -0.15) is 0 Å². The van der Waals surface area contributed by atoms with Crippen molar-refractivity contribution in [3.63, 3.8) is 0 Å². The maximum absolute atomic E-state index is 11.8. The Morgan fingerprint density at radius 2 is 1.39 bits per heavy atom. The predicted molar refractivity (Wildman–Crippen MR) is 110 cm³/mol. The van der Waals surface area contributed by atoms with Crippen molar-refractivity contribution in [1.29, 1.82) is 0 Å². The Bertz CT molecular complexity index is 807. The summed E-state index contributed by atoms with van der Waals surface area (Å²) in [5.74, 6) is 0.292. The average Bonchev–Trinajstić information content (AvgIpc) is 2.70. The highest BCUT2D eigenvalue weighted by Gasteiger charge is 2.08. The third kappa shape index (κ3) is 7.63. The van der Waals surface area contributed by atoms with Crippen molar-refractivity contribution in [3.05, 3.63) is 59.7 Å². The van der Waals surface area contributed by atoms with Gasteiger partial charge in [0.1, 0.15) is 11.5 Å². The molecule has 148 valence electrons. The van der Waals surface area contributed by atoms with Crippen LogP contribution in [-0.2, 0) is 16.0 Å². The maximum Gasteiger partial charge on any atom is 0.276 e. The minimum atomic E-state index is -0.442. The zero-order valence-electron chi connectivity index (χ0n) is 15.8. The van der Waals surface area contributed by atoms with Gasteiger partial charge in [-0.1, -0.05) is 36.8 Å². The molecule has 0 heterocycles. The van der Waals surface area contributed by atoms with E-state index in [4.69, 9.17) is 21.7 Å². The standard InChI is InChI=1S/C20H23N3O4S/c1-3-15-6-10-17(11-7-15)26-12-18(24)21-20(28)23-22-19(25)13-27-16-8-4-14(2)5-9-16/h4-11H,3,12-13H2,1-2H3,(H,22,25)(H2,21,23,24,28). The van der Waals surface area contributed by atoms with Crippen LogP contribution in [-0.4, -0.2) is 30.1 Å². The van der Waals surface area contributed by atoms with Crippen molar-refractivity contribution in [2.75, 3.05) is 13.2 Å². The average molecular weight is 401 g/mol. The van der Waals surface area contributed by atoms with Crippen LogP contribution in [0.1, 0.15) is 18.1 Å². The fraction of sp³-hybridized carbons (Fsp3) is 0.250. The summed E-state index contributed by atoms with van der Waals surface area (Å²) < 4.78 is 10.7. The summed E-state index contributed by atoms with van der Waals surface area (Å²) in [6.07, 6.45) is 0.933. The van der Waals surface area contributed by atoms with Crippen LogP contribution >= 0.6 is 12.2 Å². The number of aryl methyl sites for hydroxylation is 2. The monoisotopic (exact) mass is 401 g/mol. The number of thiocarbonyl (C=S) groups is 1. The molecule has 0 saturated carbocycles. The molecule has 0 spiro atoms. The van der Waals surface area contributed by atoms with Crippen LogP contribution in [0.25, 0.3) is 0 Å². The Kier molecular flexibility index (Phi) is 8.23. The summed E-state index contributed by atoms with van der Waals surface area (Å²) in [5.41, 5.74) is 7.06. The number of carbonyl (C=O) groups excluding carboxylic acids is 2. The summed E-state index contributed by atoms with van der Waals surface area (Å²) in [4.78, 5) is 23.6. The molecule has 0 aromatic heterocycles. The molecule has 2 aromatic rings. The Morgan fingerprint density at radius 3 is 1.96 bits per heavy atom. The van der Waals surface area contributed by atoms with Crippen LogP contribution in [0.5, 0.6) is 11.5 Å². The molecule has 8 heteroatoms. The molecule has 2 rings (SSSR count). The van der Waals surface area contributed by atoms with Crippen LogP contribution in [0.15, 0.2) is 48.5 Å². The second-order valence-electron chi connectivity index (χ2n) is 5.94. The van der Waals surface area contributed by atoms with Crippen LogP contribution in [0.3, 0.4) is 0 Å². The quantitative estimate of drug-likeness (QED) is 0.486. The van der Waals surface area contributed by atoms with E-state index >= 15 is 0 Å². The Balaban J connectivity index is 1.63. The van der Waals surface area contributed by atoms with E-state index in [1.54, 1.807) is 24.3 Å². The summed E-state index contributed by atoms with van der Waals surface area (Å²) in [6, 6.07) is 14.8. The molecule has 0 bridgehead atoms. The number of carbonyl (C=O) groups is 2. The van der Waals surface area contributed by atoms with Gasteiger partial charge in [0.05, 0.1) is 0 Å². The molecule has 0 saturated heterocycles. The van der Waals surface area contributed by atoms with Gasteiger partial charge >= 0.3 is 0 Å². The topological polar surface area (TPSA) is 88.7 Å². The Labute approximate surface area is 169 Å². The molecule has 0 aliphatic rings. The van der Waals surface area contributed by atoms with Gasteiger partial charge in [0.25, 0.3) is 11.8 Å². The molecule has 2 amide bonds. The molecule has 0 unspecified atom stereocenters. The van der Waals surface area contributed by atoms with Gasteiger partial charge in [0.2, 0.25) is 0 Å². The lowest BCUT2D eigenvalue weighted by Crippen LogP contribution is -2.50. The van der Waals surface area contributed by atoms with Crippen molar-refractivity contribution in [1.82, 2.24) is 16.2 Å². The number of amides is 2. The third-order valence-corrected chi connectivity index (χ3v) is 3.86. The van der Waals surface area contributed by atoms with Gasteiger partial charge in [-0.25, -0.2) is 0 Å². The third-order valence-electron chi connectivity index (χ3n) is 3.66. The molecule has 0 aliphatic heterocycles. The summed E-state index contributed by atoms with van der Waals surface area (Å²) in [6.45, 7) is 3.63. The SMILES string of the molecule is CCc1ccc(OCC(=O)NC(=S)NNC(=O)COc2ccc(C)cc2)cc1. The van der Waals surface area contributed by atoms with Crippen LogP contribution in [0.2, 0.25) is 0 Å². The Hall–Kier alpha value is -3.13. The molecule has 0 aliphatic carbocycles. The molecule has 0 fully saturated rings. The van der Waals surface area contributed by atoms with E-state index in [0.29, 0.717) is 11.5 Å². The van der Waals surface area contributed by atoms with Crippen molar-refractivity contribution in [3.8, 4) is 11.5 Å². The molecular formula is C20H23N3O4S. The summed E-state index contributed by atoms with van der Waals surface area (Å²) in [5, 5.41) is 2.37. The van der Waals surface area contributed by atoms with Crippen LogP contribution in [0, 0.1) is 6.92 Å². The lowest BCUT2D eigenvalue weighted by atomic mass is 10.2. The zero-order valence-corrected chi connectivity index (χ0v) is 16.6. The fourth-order valence-electron chi connectivity index (χ4n) is 2.11. The minimum Gasteiger partial charge on any atom is -0.484 e. The van der Waals surface area contributed by atoms with E-state index in [0.717, 1.165) is 12.0 Å². The largest absolute Gasteiger partial charge is 0.484 e. The van der Waals surface area contributed by atoms with E-state index < -0.39 is 11.8 Å². The van der Waals surface area contributed by atoms with E-state index in [1.165, 1.54) is 5.56 Å². The minimum absolute atomic E-state index is 0.0429. The molecule has 0 atom stereocenters. The molecule has 0 radical (unpaired) electrons. The van der Waals surface area contributed by atoms with Gasteiger partial charge in [-0.3, -0.25) is 25.8 Å². The van der Waals surface area contributed by atoms with Gasteiger partial charge in [0, 0.05) is 0 Å². The zero-order chi connectivity index (χ0) is 20.4. The van der Waals surface area contributed by atoms with Gasteiger partial charge in [0.15, 0.2) is 18.3 Å². The number of hydrogen-bond donors (Lipinski definition) is 3. The van der Waals surface area contributed by atoms with E-state index in [1.807, 2.05) is 31.2 Å². The van der Waals surface area contributed by atoms with Crippen molar-refractivity contribution in [2.24, 2.45) is 0 Å². The lowest BCUT2D eigenvalue weighted by Gasteiger charge is -2.12. The van der Waals surface area contributed by atoms with Crippen LogP contribution in [0.4, 0.5) is 0 Å². The number of benzene rings is 2. The van der Waals surface area contributed by atoms with Crippen molar-refractivity contribution >= 4 is 29.1 Å². The normalized spacial score (nSPS) is 9.93. The van der Waals surface area contributed by atoms with Crippen molar-refractivity contribution in [2.45, 2.75) is 20.3 Å². The van der Waals surface area contributed by atoms with Gasteiger partial charge in [-0.15, -0.1) is 0 Å². The van der Waals surface area contributed by atoms with E-state index in [9.17, 15) is 9.59 Å². The first-order valence-electron chi connectivity index (χ1n) is 8.76. The predicted octanol–water partition coefficient (Wildman–Crippen LogP) is 2.04. The highest BCUT2D eigenvalue weighted by molar-refractivity contribution is 7.80. The number of hydrazine groups is 1. The lowest BCUT2D eigenvalue weighted by molar-refractivity contribution is -0.124. The second-order valence-corrected chi connectivity index (χ2v) is 6.35. The smallest absolute Gasteiger partial charge is 0.276 e. The first-order valence-corrected chi connectivity index (χ1v) is 9.17. The number of rotatable bonds is 7. The van der Waals surface area contributed by atoms with E-state index in [2.05, 4.69) is 23.1 Å². The van der Waals surface area contributed by atoms with Gasteiger partial charge in [-0.05, 0) is 55.4 Å². The Morgan fingerprint density at radius 1 is 0.857 bits per heavy atom. The molecule has 7 nitrogen and oxygen atoms in total. The molecule has 3 N–H and O–H groups in total. The van der Waals surface area contributed by atoms with Gasteiger partial charge < -0.3 is 9.47 Å². The molecule has 2 aromatic carbocycles. The maximum atomic E-state index is 11.8. The molecular weight excluding hydrogens is 378 g/mol. The van der Waals surface area contributed by atoms with E-state index in [-0.39, 0.29) is 18.3 Å². The summed E-state index contributed by atoms with van der Waals surface area (Å²) >= 11 is 4.95. The second kappa shape index (κ2) is 10.9. The number of nitrogens with one attached hydrogen (secondary N) is 3. The molecule has 28 heavy (non-hydrogen) atoms. The first kappa shape index (κ1) is 21.2. The highest BCUT2D eigenvalue weighted by Crippen LogP contribution is 2.12.